The standard InChI is InChI=1S/C15H26N6O2/c1-3-19(4-2)13-16-14(20-5-9-22-10-6-20)18-15(17-13)21-7-11-23-12-8-21/h3-12H2,1-2H3. The fraction of sp³-hybridized carbons (Fsp3) is 0.800. The molecule has 0 aromatic carbocycles. The second-order valence-corrected chi connectivity index (χ2v) is 5.61. The van der Waals surface area contributed by atoms with E-state index in [0.717, 1.165) is 83.5 Å². The molecular weight excluding hydrogens is 296 g/mol. The maximum Gasteiger partial charge on any atom is 0.232 e. The predicted octanol–water partition coefficient (Wildman–Crippen LogP) is 0.391. The van der Waals surface area contributed by atoms with Crippen molar-refractivity contribution < 1.29 is 9.47 Å². The second kappa shape index (κ2) is 7.74. The Hall–Kier alpha value is -1.67. The summed E-state index contributed by atoms with van der Waals surface area (Å²) in [6.45, 7) is 12.2. The second-order valence-electron chi connectivity index (χ2n) is 5.61. The van der Waals surface area contributed by atoms with Crippen molar-refractivity contribution in [3.63, 3.8) is 0 Å². The van der Waals surface area contributed by atoms with E-state index >= 15 is 0 Å². The number of ether oxygens (including phenoxy) is 2. The summed E-state index contributed by atoms with van der Waals surface area (Å²) in [6, 6.07) is 0. The van der Waals surface area contributed by atoms with Crippen molar-refractivity contribution in [2.45, 2.75) is 13.8 Å². The van der Waals surface area contributed by atoms with E-state index in [4.69, 9.17) is 24.4 Å². The predicted molar refractivity (Wildman–Crippen MR) is 89.5 cm³/mol. The first-order valence-corrected chi connectivity index (χ1v) is 8.48. The molecule has 2 saturated heterocycles. The van der Waals surface area contributed by atoms with Crippen LogP contribution in [0.3, 0.4) is 0 Å². The van der Waals surface area contributed by atoms with E-state index in [2.05, 4.69) is 28.5 Å². The summed E-state index contributed by atoms with van der Waals surface area (Å²) in [6.07, 6.45) is 0. The highest BCUT2D eigenvalue weighted by Gasteiger charge is 2.21. The molecule has 128 valence electrons. The number of anilines is 3. The summed E-state index contributed by atoms with van der Waals surface area (Å²) in [5.41, 5.74) is 0. The fourth-order valence-electron chi connectivity index (χ4n) is 2.80. The van der Waals surface area contributed by atoms with Gasteiger partial charge in [-0.3, -0.25) is 0 Å². The van der Waals surface area contributed by atoms with E-state index in [0.29, 0.717) is 0 Å². The van der Waals surface area contributed by atoms with Crippen LogP contribution < -0.4 is 14.7 Å². The number of morpholine rings is 2. The maximum absolute atomic E-state index is 5.44. The molecule has 3 heterocycles. The molecule has 1 aromatic heterocycles. The zero-order chi connectivity index (χ0) is 16.1. The van der Waals surface area contributed by atoms with Crippen molar-refractivity contribution in [1.29, 1.82) is 0 Å². The average molecular weight is 322 g/mol. The van der Waals surface area contributed by atoms with E-state index in [9.17, 15) is 0 Å². The molecule has 2 aliphatic heterocycles. The minimum absolute atomic E-state index is 0.721. The first-order valence-electron chi connectivity index (χ1n) is 8.48. The van der Waals surface area contributed by atoms with Gasteiger partial charge in [0.1, 0.15) is 0 Å². The molecular formula is C15H26N6O2. The molecule has 2 fully saturated rings. The van der Waals surface area contributed by atoms with Crippen LogP contribution in [-0.2, 0) is 9.47 Å². The van der Waals surface area contributed by atoms with Crippen LogP contribution >= 0.6 is 0 Å². The molecule has 0 radical (unpaired) electrons. The van der Waals surface area contributed by atoms with Crippen LogP contribution in [0.15, 0.2) is 0 Å². The lowest BCUT2D eigenvalue weighted by atomic mass is 10.4. The molecule has 23 heavy (non-hydrogen) atoms. The quantitative estimate of drug-likeness (QED) is 0.771. The van der Waals surface area contributed by atoms with Crippen molar-refractivity contribution in [3.05, 3.63) is 0 Å². The molecule has 0 unspecified atom stereocenters. The summed E-state index contributed by atoms with van der Waals surface area (Å²) in [4.78, 5) is 20.7. The lowest BCUT2D eigenvalue weighted by Crippen LogP contribution is -2.40. The highest BCUT2D eigenvalue weighted by atomic mass is 16.5. The third-order valence-corrected chi connectivity index (χ3v) is 4.23. The highest BCUT2D eigenvalue weighted by molar-refractivity contribution is 5.47. The molecule has 3 rings (SSSR count). The molecule has 2 aliphatic rings. The summed E-state index contributed by atoms with van der Waals surface area (Å²) in [7, 11) is 0. The molecule has 0 spiro atoms. The molecule has 0 aliphatic carbocycles. The molecule has 8 heteroatoms. The van der Waals surface area contributed by atoms with E-state index in [1.165, 1.54) is 0 Å². The Balaban J connectivity index is 1.91. The van der Waals surface area contributed by atoms with Gasteiger partial charge in [0.2, 0.25) is 17.8 Å². The third-order valence-electron chi connectivity index (χ3n) is 4.23. The van der Waals surface area contributed by atoms with E-state index in [1.54, 1.807) is 0 Å². The Morgan fingerprint density at radius 1 is 0.783 bits per heavy atom. The zero-order valence-corrected chi connectivity index (χ0v) is 14.1. The monoisotopic (exact) mass is 322 g/mol. The van der Waals surface area contributed by atoms with Crippen molar-refractivity contribution in [2.24, 2.45) is 0 Å². The van der Waals surface area contributed by atoms with E-state index in [1.807, 2.05) is 0 Å². The van der Waals surface area contributed by atoms with Gasteiger partial charge >= 0.3 is 0 Å². The zero-order valence-electron chi connectivity index (χ0n) is 14.1. The molecule has 0 bridgehead atoms. The van der Waals surface area contributed by atoms with Crippen LogP contribution in [0.5, 0.6) is 0 Å². The fourth-order valence-corrected chi connectivity index (χ4v) is 2.80. The Labute approximate surface area is 137 Å². The summed E-state index contributed by atoms with van der Waals surface area (Å²) >= 11 is 0. The topological polar surface area (TPSA) is 66.9 Å². The van der Waals surface area contributed by atoms with Gasteiger partial charge in [-0.25, -0.2) is 0 Å². The van der Waals surface area contributed by atoms with Gasteiger partial charge in [-0.05, 0) is 13.8 Å². The van der Waals surface area contributed by atoms with Gasteiger partial charge in [0.15, 0.2) is 0 Å². The number of hydrogen-bond acceptors (Lipinski definition) is 8. The van der Waals surface area contributed by atoms with Gasteiger partial charge in [-0.2, -0.15) is 15.0 Å². The van der Waals surface area contributed by atoms with Crippen molar-refractivity contribution >= 4 is 17.8 Å². The summed E-state index contributed by atoms with van der Waals surface area (Å²) in [5.74, 6) is 2.27. The number of nitrogens with zero attached hydrogens (tertiary/aromatic N) is 6. The molecule has 8 nitrogen and oxygen atoms in total. The van der Waals surface area contributed by atoms with Gasteiger partial charge in [-0.15, -0.1) is 0 Å². The van der Waals surface area contributed by atoms with Gasteiger partial charge in [-0.1, -0.05) is 0 Å². The van der Waals surface area contributed by atoms with E-state index in [-0.39, 0.29) is 0 Å². The molecule has 0 atom stereocenters. The van der Waals surface area contributed by atoms with E-state index < -0.39 is 0 Å². The first-order chi connectivity index (χ1) is 11.3. The van der Waals surface area contributed by atoms with Crippen LogP contribution in [0.2, 0.25) is 0 Å². The van der Waals surface area contributed by atoms with Gasteiger partial charge in [0.25, 0.3) is 0 Å². The van der Waals surface area contributed by atoms with Crippen LogP contribution in [0.4, 0.5) is 17.8 Å². The Morgan fingerprint density at radius 3 is 1.61 bits per heavy atom. The van der Waals surface area contributed by atoms with Crippen molar-refractivity contribution in [2.75, 3.05) is 80.4 Å². The Kier molecular flexibility index (Phi) is 5.45. The summed E-state index contributed by atoms with van der Waals surface area (Å²) in [5, 5.41) is 0. The molecule has 0 saturated carbocycles. The minimum atomic E-state index is 0.721. The minimum Gasteiger partial charge on any atom is -0.378 e. The molecule has 0 N–H and O–H groups in total. The first kappa shape index (κ1) is 16.2. The van der Waals surface area contributed by atoms with Crippen LogP contribution in [0.25, 0.3) is 0 Å². The lowest BCUT2D eigenvalue weighted by Gasteiger charge is -2.31. The maximum atomic E-state index is 5.44. The SMILES string of the molecule is CCN(CC)c1nc(N2CCOCC2)nc(N2CCOCC2)n1. The molecule has 1 aromatic rings. The Morgan fingerprint density at radius 2 is 1.22 bits per heavy atom. The largest absolute Gasteiger partial charge is 0.378 e. The normalized spacial score (nSPS) is 19.0. The number of aromatic nitrogens is 3. The van der Waals surface area contributed by atoms with Crippen LogP contribution in [-0.4, -0.2) is 80.6 Å². The number of rotatable bonds is 5. The van der Waals surface area contributed by atoms with Crippen LogP contribution in [0.1, 0.15) is 13.8 Å². The van der Waals surface area contributed by atoms with Crippen LogP contribution in [0, 0.1) is 0 Å². The smallest absolute Gasteiger partial charge is 0.232 e. The molecule has 0 amide bonds. The van der Waals surface area contributed by atoms with Gasteiger partial charge in [0.05, 0.1) is 26.4 Å². The Bertz CT molecular complexity index is 462. The van der Waals surface area contributed by atoms with Crippen molar-refractivity contribution in [3.8, 4) is 0 Å². The van der Waals surface area contributed by atoms with Gasteiger partial charge < -0.3 is 24.2 Å². The highest BCUT2D eigenvalue weighted by Crippen LogP contribution is 2.20. The summed E-state index contributed by atoms with van der Waals surface area (Å²) < 4.78 is 10.9. The average Bonchev–Trinajstić information content (AvgIpc) is 2.64. The van der Waals surface area contributed by atoms with Crippen molar-refractivity contribution in [1.82, 2.24) is 15.0 Å². The van der Waals surface area contributed by atoms with Gasteiger partial charge in [0, 0.05) is 39.3 Å². The third kappa shape index (κ3) is 3.81. The lowest BCUT2D eigenvalue weighted by molar-refractivity contribution is 0.121. The number of hydrogen-bond donors (Lipinski definition) is 0.